The van der Waals surface area contributed by atoms with E-state index < -0.39 is 11.9 Å². The minimum atomic E-state index is -1.07. The molecule has 0 saturated carbocycles. The maximum atomic E-state index is 12.4. The summed E-state index contributed by atoms with van der Waals surface area (Å²) in [5, 5.41) is 20.7. The number of hydrogen-bond acceptors (Lipinski definition) is 5. The van der Waals surface area contributed by atoms with E-state index in [1.54, 1.807) is 11.8 Å². The number of anilines is 1. The molecule has 0 spiro atoms. The number of carbonyl (C=O) groups excluding carboxylic acids is 2. The highest BCUT2D eigenvalue weighted by molar-refractivity contribution is 7.18. The van der Waals surface area contributed by atoms with E-state index in [0.717, 1.165) is 11.3 Å². The Bertz CT molecular complexity index is 656. The van der Waals surface area contributed by atoms with Crippen LogP contribution in [-0.4, -0.2) is 40.9 Å². The van der Waals surface area contributed by atoms with Crippen LogP contribution in [0.4, 0.5) is 5.00 Å². The van der Waals surface area contributed by atoms with Crippen molar-refractivity contribution in [3.05, 3.63) is 16.0 Å². The van der Waals surface area contributed by atoms with Gasteiger partial charge in [-0.05, 0) is 26.3 Å². The monoisotopic (exact) mass is 337 g/mol. The standard InChI is InChI=1S/C15H19N3O4S/c1-4-18(5-2)15(22)13-9(3)10(8-16)14(23-13)17-11(19)6-7-12(20)21/h4-7H2,1-3H3,(H,17,19)(H,20,21). The van der Waals surface area contributed by atoms with Crippen LogP contribution in [0.3, 0.4) is 0 Å². The van der Waals surface area contributed by atoms with Gasteiger partial charge in [-0.3, -0.25) is 14.4 Å². The minimum absolute atomic E-state index is 0.181. The lowest BCUT2D eigenvalue weighted by Gasteiger charge is -2.17. The van der Waals surface area contributed by atoms with Crippen LogP contribution in [0.2, 0.25) is 0 Å². The predicted octanol–water partition coefficient (Wildman–Crippen LogP) is 2.21. The van der Waals surface area contributed by atoms with Gasteiger partial charge in [0.25, 0.3) is 5.91 Å². The third kappa shape index (κ3) is 4.53. The van der Waals surface area contributed by atoms with Crippen molar-refractivity contribution in [2.24, 2.45) is 0 Å². The molecule has 1 heterocycles. The zero-order valence-electron chi connectivity index (χ0n) is 13.3. The highest BCUT2D eigenvalue weighted by Gasteiger charge is 2.23. The van der Waals surface area contributed by atoms with E-state index >= 15 is 0 Å². The van der Waals surface area contributed by atoms with Crippen LogP contribution in [0.15, 0.2) is 0 Å². The van der Waals surface area contributed by atoms with Crippen LogP contribution in [0, 0.1) is 18.3 Å². The van der Waals surface area contributed by atoms with E-state index in [1.807, 2.05) is 19.9 Å². The number of nitrogens with one attached hydrogen (secondary N) is 1. The Kier molecular flexibility index (Phi) is 6.72. The van der Waals surface area contributed by atoms with Crippen LogP contribution >= 0.6 is 11.3 Å². The molecule has 0 aliphatic carbocycles. The molecule has 0 unspecified atom stereocenters. The summed E-state index contributed by atoms with van der Waals surface area (Å²) in [6.07, 6.45) is -0.472. The van der Waals surface area contributed by atoms with Crippen LogP contribution in [0.1, 0.15) is 47.5 Å². The van der Waals surface area contributed by atoms with Crippen molar-refractivity contribution in [1.82, 2.24) is 4.90 Å². The molecule has 124 valence electrons. The number of thiophene rings is 1. The highest BCUT2D eigenvalue weighted by Crippen LogP contribution is 2.33. The largest absolute Gasteiger partial charge is 0.481 e. The van der Waals surface area contributed by atoms with Gasteiger partial charge >= 0.3 is 5.97 Å². The van der Waals surface area contributed by atoms with E-state index in [2.05, 4.69) is 5.32 Å². The smallest absolute Gasteiger partial charge is 0.303 e. The molecular weight excluding hydrogens is 318 g/mol. The number of rotatable bonds is 7. The summed E-state index contributed by atoms with van der Waals surface area (Å²) < 4.78 is 0. The van der Waals surface area contributed by atoms with Gasteiger partial charge in [-0.2, -0.15) is 5.26 Å². The lowest BCUT2D eigenvalue weighted by molar-refractivity contribution is -0.138. The van der Waals surface area contributed by atoms with Crippen LogP contribution in [0.5, 0.6) is 0 Å². The fraction of sp³-hybridized carbons (Fsp3) is 0.467. The summed E-state index contributed by atoms with van der Waals surface area (Å²) in [5.41, 5.74) is 0.775. The van der Waals surface area contributed by atoms with E-state index in [9.17, 15) is 19.6 Å². The molecule has 2 N–H and O–H groups in total. The fourth-order valence-electron chi connectivity index (χ4n) is 2.00. The van der Waals surface area contributed by atoms with Gasteiger partial charge in [0.05, 0.1) is 16.9 Å². The van der Waals surface area contributed by atoms with Gasteiger partial charge in [0.1, 0.15) is 11.1 Å². The Balaban J connectivity index is 3.05. The van der Waals surface area contributed by atoms with Gasteiger partial charge < -0.3 is 15.3 Å². The Morgan fingerprint density at radius 1 is 1.26 bits per heavy atom. The highest BCUT2D eigenvalue weighted by atomic mass is 32.1. The number of carbonyl (C=O) groups is 3. The number of hydrogen-bond donors (Lipinski definition) is 2. The van der Waals surface area contributed by atoms with Crippen molar-refractivity contribution in [2.45, 2.75) is 33.6 Å². The molecule has 0 radical (unpaired) electrons. The first-order chi connectivity index (χ1) is 10.8. The summed E-state index contributed by atoms with van der Waals surface area (Å²) in [4.78, 5) is 36.7. The SMILES string of the molecule is CCN(CC)C(=O)c1sc(NC(=O)CCC(=O)O)c(C#N)c1C. The second-order valence-electron chi connectivity index (χ2n) is 4.79. The summed E-state index contributed by atoms with van der Waals surface area (Å²) in [6, 6.07) is 1.99. The molecular formula is C15H19N3O4S. The number of carboxylic acids is 1. The molecule has 0 aliphatic rings. The van der Waals surface area contributed by atoms with Gasteiger partial charge in [0.2, 0.25) is 5.91 Å². The molecule has 0 fully saturated rings. The number of carboxylic acid groups (broad SMARTS) is 1. The van der Waals surface area contributed by atoms with Crippen molar-refractivity contribution in [1.29, 1.82) is 5.26 Å². The lowest BCUT2D eigenvalue weighted by Crippen LogP contribution is -2.30. The van der Waals surface area contributed by atoms with Crippen LogP contribution in [0.25, 0.3) is 0 Å². The first-order valence-electron chi connectivity index (χ1n) is 7.20. The fourth-order valence-corrected chi connectivity index (χ4v) is 3.15. The molecule has 0 atom stereocenters. The molecule has 7 nitrogen and oxygen atoms in total. The maximum absolute atomic E-state index is 12.4. The van der Waals surface area contributed by atoms with Gasteiger partial charge in [0.15, 0.2) is 0 Å². The van der Waals surface area contributed by atoms with E-state index in [-0.39, 0.29) is 29.3 Å². The Morgan fingerprint density at radius 3 is 2.35 bits per heavy atom. The Labute approximate surface area is 138 Å². The quantitative estimate of drug-likeness (QED) is 0.792. The maximum Gasteiger partial charge on any atom is 0.303 e. The number of nitrogens with zero attached hydrogens (tertiary/aromatic N) is 2. The summed E-state index contributed by atoms with van der Waals surface area (Å²) in [5.74, 6) is -1.74. The lowest BCUT2D eigenvalue weighted by atomic mass is 10.1. The normalized spacial score (nSPS) is 10.0. The van der Waals surface area contributed by atoms with E-state index in [1.165, 1.54) is 0 Å². The van der Waals surface area contributed by atoms with E-state index in [0.29, 0.717) is 23.5 Å². The van der Waals surface area contributed by atoms with Crippen molar-refractivity contribution in [3.63, 3.8) is 0 Å². The molecule has 1 aromatic rings. The van der Waals surface area contributed by atoms with Gasteiger partial charge in [-0.25, -0.2) is 0 Å². The third-order valence-electron chi connectivity index (χ3n) is 3.32. The zero-order valence-corrected chi connectivity index (χ0v) is 14.1. The summed E-state index contributed by atoms with van der Waals surface area (Å²) >= 11 is 1.05. The first-order valence-corrected chi connectivity index (χ1v) is 8.01. The van der Waals surface area contributed by atoms with Gasteiger partial charge in [0, 0.05) is 19.5 Å². The summed E-state index contributed by atoms with van der Waals surface area (Å²) in [7, 11) is 0. The van der Waals surface area contributed by atoms with Crippen molar-refractivity contribution in [2.75, 3.05) is 18.4 Å². The minimum Gasteiger partial charge on any atom is -0.481 e. The molecule has 0 aromatic carbocycles. The summed E-state index contributed by atoms with van der Waals surface area (Å²) in [6.45, 7) is 6.50. The molecule has 8 heteroatoms. The van der Waals surface area contributed by atoms with Crippen LogP contribution in [-0.2, 0) is 9.59 Å². The zero-order chi connectivity index (χ0) is 17.6. The topological polar surface area (TPSA) is 110 Å². The number of amides is 2. The predicted molar refractivity (Wildman–Crippen MR) is 86.5 cm³/mol. The second-order valence-corrected chi connectivity index (χ2v) is 5.81. The van der Waals surface area contributed by atoms with E-state index in [4.69, 9.17) is 5.11 Å². The van der Waals surface area contributed by atoms with Crippen molar-refractivity contribution < 1.29 is 19.5 Å². The molecule has 23 heavy (non-hydrogen) atoms. The molecule has 0 aliphatic heterocycles. The van der Waals surface area contributed by atoms with Crippen LogP contribution < -0.4 is 5.32 Å². The molecule has 0 bridgehead atoms. The number of aliphatic carboxylic acids is 1. The molecule has 1 rings (SSSR count). The first kappa shape index (κ1) is 18.6. The Hall–Kier alpha value is -2.40. The third-order valence-corrected chi connectivity index (χ3v) is 4.52. The van der Waals surface area contributed by atoms with Crippen molar-refractivity contribution >= 4 is 34.1 Å². The number of nitriles is 1. The van der Waals surface area contributed by atoms with Crippen molar-refractivity contribution in [3.8, 4) is 6.07 Å². The second kappa shape index (κ2) is 8.29. The molecule has 1 aromatic heterocycles. The van der Waals surface area contributed by atoms with Gasteiger partial charge in [-0.15, -0.1) is 11.3 Å². The Morgan fingerprint density at radius 2 is 1.87 bits per heavy atom. The molecule has 0 saturated heterocycles. The van der Waals surface area contributed by atoms with Gasteiger partial charge in [-0.1, -0.05) is 0 Å². The molecule has 2 amide bonds. The average molecular weight is 337 g/mol. The average Bonchev–Trinajstić information content (AvgIpc) is 2.82.